The van der Waals surface area contributed by atoms with Crippen molar-refractivity contribution < 1.29 is 28.2 Å². The Morgan fingerprint density at radius 3 is 2.00 bits per heavy atom. The molecule has 0 spiro atoms. The summed E-state index contributed by atoms with van der Waals surface area (Å²) < 4.78 is 37.1. The van der Waals surface area contributed by atoms with E-state index in [4.69, 9.17) is 4.74 Å². The molecule has 0 saturated heterocycles. The first-order valence-electron chi connectivity index (χ1n) is 9.31. The first kappa shape index (κ1) is 21.4. The van der Waals surface area contributed by atoms with Crippen LogP contribution in [0.2, 0.25) is 0 Å². The van der Waals surface area contributed by atoms with E-state index in [9.17, 15) is 18.7 Å². The smallest absolute Gasteiger partial charge is 0.437 e. The number of pyridine rings is 1. The molecule has 0 aliphatic carbocycles. The molecule has 5 nitrogen and oxygen atoms in total. The number of ether oxygens (including phenoxy) is 2. The molecule has 1 N–H and O–H groups in total. The van der Waals surface area contributed by atoms with Crippen LogP contribution in [0, 0.1) is 11.6 Å². The summed E-state index contributed by atoms with van der Waals surface area (Å²) in [5.74, 6) is -0.910. The minimum Gasteiger partial charge on any atom is -0.437 e. The van der Waals surface area contributed by atoms with E-state index in [1.54, 1.807) is 0 Å². The Labute approximate surface area is 172 Å². The van der Waals surface area contributed by atoms with E-state index >= 15 is 0 Å². The molecule has 0 bridgehead atoms. The van der Waals surface area contributed by atoms with Crippen molar-refractivity contribution in [3.8, 4) is 28.1 Å². The Balaban J connectivity index is 2.41. The minimum atomic E-state index is -0.982. The van der Waals surface area contributed by atoms with Crippen molar-refractivity contribution in [3.05, 3.63) is 71.4 Å². The molecule has 0 radical (unpaired) electrons. The average Bonchev–Trinajstić information content (AvgIpc) is 2.74. The second-order valence-corrected chi connectivity index (χ2v) is 6.91. The van der Waals surface area contributed by atoms with Crippen molar-refractivity contribution in [1.82, 2.24) is 4.98 Å². The van der Waals surface area contributed by atoms with E-state index in [0.29, 0.717) is 27.9 Å². The highest BCUT2D eigenvalue weighted by molar-refractivity contribution is 5.85. The average molecular weight is 413 g/mol. The molecule has 0 saturated carbocycles. The fourth-order valence-electron chi connectivity index (χ4n) is 3.21. The van der Waals surface area contributed by atoms with Crippen LogP contribution in [0.5, 0.6) is 5.75 Å². The molecule has 0 fully saturated rings. The van der Waals surface area contributed by atoms with Crippen molar-refractivity contribution in [2.75, 3.05) is 7.11 Å². The highest BCUT2D eigenvalue weighted by atomic mass is 19.1. The van der Waals surface area contributed by atoms with Crippen molar-refractivity contribution in [2.45, 2.75) is 26.4 Å². The van der Waals surface area contributed by atoms with Crippen LogP contribution in [0.1, 0.15) is 31.0 Å². The zero-order valence-corrected chi connectivity index (χ0v) is 16.8. The third-order valence-corrected chi connectivity index (χ3v) is 4.59. The van der Waals surface area contributed by atoms with E-state index in [0.717, 1.165) is 0 Å². The van der Waals surface area contributed by atoms with Crippen LogP contribution >= 0.6 is 0 Å². The topological polar surface area (TPSA) is 68.7 Å². The lowest BCUT2D eigenvalue weighted by atomic mass is 9.91. The van der Waals surface area contributed by atoms with Gasteiger partial charge in [0.2, 0.25) is 0 Å². The number of methoxy groups -OCH3 is 1. The predicted octanol–water partition coefficient (Wildman–Crippen LogP) is 5.45. The van der Waals surface area contributed by atoms with Gasteiger partial charge in [0.1, 0.15) is 17.3 Å². The molecule has 2 aromatic carbocycles. The molecule has 0 aliphatic heterocycles. The van der Waals surface area contributed by atoms with Crippen molar-refractivity contribution in [1.29, 1.82) is 0 Å². The van der Waals surface area contributed by atoms with Gasteiger partial charge in [-0.05, 0) is 47.9 Å². The molecule has 3 rings (SSSR count). The highest BCUT2D eigenvalue weighted by Gasteiger charge is 2.26. The van der Waals surface area contributed by atoms with Gasteiger partial charge >= 0.3 is 6.16 Å². The van der Waals surface area contributed by atoms with E-state index in [1.807, 2.05) is 13.8 Å². The largest absolute Gasteiger partial charge is 0.513 e. The van der Waals surface area contributed by atoms with Crippen LogP contribution < -0.4 is 4.74 Å². The number of hydrogen-bond donors (Lipinski definition) is 1. The van der Waals surface area contributed by atoms with Crippen LogP contribution in [-0.2, 0) is 11.3 Å². The number of nitrogens with zero attached hydrogens (tertiary/aromatic N) is 1. The number of hydrogen-bond acceptors (Lipinski definition) is 5. The molecular weight excluding hydrogens is 392 g/mol. The molecular formula is C23H21F2NO4. The number of carbonyl (C=O) groups excluding carboxylic acids is 1. The molecule has 0 aliphatic rings. The van der Waals surface area contributed by atoms with Gasteiger partial charge in [-0.15, -0.1) is 0 Å². The normalized spacial score (nSPS) is 10.9. The van der Waals surface area contributed by atoms with Gasteiger partial charge in [-0.25, -0.2) is 18.6 Å². The maximum atomic E-state index is 13.5. The van der Waals surface area contributed by atoms with E-state index in [1.165, 1.54) is 55.6 Å². The molecule has 0 atom stereocenters. The number of aromatic nitrogens is 1. The van der Waals surface area contributed by atoms with Crippen LogP contribution in [0.15, 0.2) is 48.5 Å². The monoisotopic (exact) mass is 413 g/mol. The van der Waals surface area contributed by atoms with Crippen molar-refractivity contribution >= 4 is 6.16 Å². The fraction of sp³-hybridized carbons (Fsp3) is 0.217. The zero-order chi connectivity index (χ0) is 21.8. The Hall–Kier alpha value is -3.32. The molecule has 30 heavy (non-hydrogen) atoms. The van der Waals surface area contributed by atoms with Gasteiger partial charge in [0.25, 0.3) is 0 Å². The summed E-state index contributed by atoms with van der Waals surface area (Å²) in [7, 11) is 1.17. The third kappa shape index (κ3) is 4.31. The lowest BCUT2D eigenvalue weighted by molar-refractivity contribution is 0.121. The number of rotatable bonds is 5. The van der Waals surface area contributed by atoms with Crippen LogP contribution in [0.3, 0.4) is 0 Å². The van der Waals surface area contributed by atoms with Gasteiger partial charge in [-0.1, -0.05) is 26.0 Å². The van der Waals surface area contributed by atoms with Crippen LogP contribution in [0.4, 0.5) is 13.6 Å². The number of benzene rings is 2. The van der Waals surface area contributed by atoms with E-state index in [-0.39, 0.29) is 24.0 Å². The van der Waals surface area contributed by atoms with Crippen molar-refractivity contribution in [3.63, 3.8) is 0 Å². The van der Waals surface area contributed by atoms with Gasteiger partial charge in [-0.2, -0.15) is 0 Å². The predicted molar refractivity (Wildman–Crippen MR) is 108 cm³/mol. The van der Waals surface area contributed by atoms with Crippen molar-refractivity contribution in [2.24, 2.45) is 0 Å². The second-order valence-electron chi connectivity index (χ2n) is 6.91. The Morgan fingerprint density at radius 2 is 1.53 bits per heavy atom. The van der Waals surface area contributed by atoms with Gasteiger partial charge < -0.3 is 14.6 Å². The molecule has 0 amide bonds. The molecule has 156 valence electrons. The number of carbonyl (C=O) groups is 1. The first-order chi connectivity index (χ1) is 14.3. The Bertz CT molecular complexity index is 1050. The van der Waals surface area contributed by atoms with Gasteiger partial charge in [0.15, 0.2) is 5.75 Å². The van der Waals surface area contributed by atoms with E-state index < -0.39 is 17.8 Å². The fourth-order valence-corrected chi connectivity index (χ4v) is 3.21. The zero-order valence-electron chi connectivity index (χ0n) is 16.8. The lowest BCUT2D eigenvalue weighted by Crippen LogP contribution is -2.13. The van der Waals surface area contributed by atoms with Crippen LogP contribution in [0.25, 0.3) is 22.4 Å². The maximum Gasteiger partial charge on any atom is 0.513 e. The minimum absolute atomic E-state index is 0.0357. The molecule has 7 heteroatoms. The lowest BCUT2D eigenvalue weighted by Gasteiger charge is -2.21. The van der Waals surface area contributed by atoms with Crippen LogP contribution in [-0.4, -0.2) is 23.4 Å². The van der Waals surface area contributed by atoms with E-state index in [2.05, 4.69) is 9.72 Å². The molecule has 1 heterocycles. The number of halogens is 2. The summed E-state index contributed by atoms with van der Waals surface area (Å²) >= 11 is 0. The maximum absolute atomic E-state index is 13.5. The van der Waals surface area contributed by atoms with Gasteiger partial charge in [-0.3, -0.25) is 0 Å². The standard InChI is InChI=1S/C23H21F2NO4/c1-13(2)20-18(12-27)19(14-4-8-16(24)9-5-14)22(30-23(28)29-3)21(26-20)15-6-10-17(25)11-7-15/h4-11,13,27H,12H2,1-3H3. The summed E-state index contributed by atoms with van der Waals surface area (Å²) in [5.41, 5.74) is 2.72. The summed E-state index contributed by atoms with van der Waals surface area (Å²) in [6, 6.07) is 11.1. The summed E-state index contributed by atoms with van der Waals surface area (Å²) in [6.07, 6.45) is -0.982. The quantitative estimate of drug-likeness (QED) is 0.563. The molecule has 3 aromatic rings. The SMILES string of the molecule is COC(=O)Oc1c(-c2ccc(F)cc2)nc(C(C)C)c(CO)c1-c1ccc(F)cc1. The highest BCUT2D eigenvalue weighted by Crippen LogP contribution is 2.43. The second kappa shape index (κ2) is 9.00. The number of aliphatic hydroxyl groups excluding tert-OH is 1. The third-order valence-electron chi connectivity index (χ3n) is 4.59. The van der Waals surface area contributed by atoms with Gasteiger partial charge in [0, 0.05) is 16.7 Å². The van der Waals surface area contributed by atoms with Gasteiger partial charge in [0.05, 0.1) is 19.4 Å². The summed E-state index contributed by atoms with van der Waals surface area (Å²) in [6.45, 7) is 3.44. The summed E-state index contributed by atoms with van der Waals surface area (Å²) in [5, 5.41) is 10.1. The Morgan fingerprint density at radius 1 is 1.00 bits per heavy atom. The number of aliphatic hydroxyl groups is 1. The molecule has 1 aromatic heterocycles. The Kier molecular flexibility index (Phi) is 6.42. The first-order valence-corrected chi connectivity index (χ1v) is 9.31. The summed E-state index contributed by atoms with van der Waals surface area (Å²) in [4.78, 5) is 16.7. The molecule has 0 unspecified atom stereocenters.